The van der Waals surface area contributed by atoms with Crippen molar-refractivity contribution in [2.24, 2.45) is 0 Å². The van der Waals surface area contributed by atoms with Crippen molar-refractivity contribution >= 4 is 23.7 Å². The number of thioether (sulfide) groups is 1. The zero-order valence-corrected chi connectivity index (χ0v) is 20.2. The minimum absolute atomic E-state index is 0.187. The molecule has 176 valence electrons. The number of nitrogens with zero attached hydrogens (tertiary/aromatic N) is 5. The van der Waals surface area contributed by atoms with Gasteiger partial charge in [0.25, 0.3) is 0 Å². The van der Waals surface area contributed by atoms with Gasteiger partial charge in [-0.1, -0.05) is 84.6 Å². The van der Waals surface area contributed by atoms with Crippen LogP contribution in [0.5, 0.6) is 0 Å². The highest BCUT2D eigenvalue weighted by atomic mass is 32.2. The number of hydrogen-bond acceptors (Lipinski definition) is 5. The molecule has 1 aliphatic heterocycles. The first kappa shape index (κ1) is 22.9. The second kappa shape index (κ2) is 11.0. The van der Waals surface area contributed by atoms with Crippen LogP contribution in [0.4, 0.5) is 0 Å². The van der Waals surface area contributed by atoms with E-state index >= 15 is 0 Å². The van der Waals surface area contributed by atoms with Gasteiger partial charge < -0.3 is 9.47 Å². The monoisotopic (exact) mass is 473 g/mol. The van der Waals surface area contributed by atoms with Gasteiger partial charge in [-0.2, -0.15) is 0 Å². The molecule has 1 saturated carbocycles. The van der Waals surface area contributed by atoms with E-state index in [4.69, 9.17) is 0 Å². The summed E-state index contributed by atoms with van der Waals surface area (Å²) in [6, 6.07) is 20.8. The first-order valence-corrected chi connectivity index (χ1v) is 13.1. The maximum Gasteiger partial charge on any atom is 0.233 e. The van der Waals surface area contributed by atoms with E-state index in [2.05, 4.69) is 80.3 Å². The van der Waals surface area contributed by atoms with E-state index in [-0.39, 0.29) is 5.91 Å². The molecule has 1 amide bonds. The highest BCUT2D eigenvalue weighted by molar-refractivity contribution is 7.99. The number of piperazine rings is 1. The molecule has 2 aliphatic rings. The Bertz CT molecular complexity index is 1100. The number of rotatable bonds is 9. The molecule has 0 unspecified atom stereocenters. The number of benzene rings is 2. The average molecular weight is 474 g/mol. The SMILES string of the molecule is O=C(CSc1nnc(C2CC2)n1Cc1ccccc1)N1CCN(C/C=C/c2ccccc2)CC1. The lowest BCUT2D eigenvalue weighted by molar-refractivity contribution is -0.130. The fraction of sp³-hybridized carbons (Fsp3) is 0.370. The molecule has 2 fully saturated rings. The quantitative estimate of drug-likeness (QED) is 0.437. The molecule has 1 saturated heterocycles. The first-order chi connectivity index (χ1) is 16.8. The molecule has 1 aliphatic carbocycles. The van der Waals surface area contributed by atoms with Gasteiger partial charge in [0.2, 0.25) is 5.91 Å². The molecule has 34 heavy (non-hydrogen) atoms. The van der Waals surface area contributed by atoms with Crippen LogP contribution < -0.4 is 0 Å². The Hall–Kier alpha value is -2.90. The summed E-state index contributed by atoms with van der Waals surface area (Å²) in [7, 11) is 0. The van der Waals surface area contributed by atoms with Gasteiger partial charge in [-0.3, -0.25) is 9.69 Å². The molecule has 0 bridgehead atoms. The lowest BCUT2D eigenvalue weighted by Gasteiger charge is -2.34. The number of aromatic nitrogens is 3. The van der Waals surface area contributed by atoms with Crippen LogP contribution in [-0.2, 0) is 11.3 Å². The van der Waals surface area contributed by atoms with Crippen molar-refractivity contribution in [1.82, 2.24) is 24.6 Å². The normalized spacial score (nSPS) is 16.9. The Balaban J connectivity index is 1.12. The maximum absolute atomic E-state index is 12.9. The predicted octanol–water partition coefficient (Wildman–Crippen LogP) is 4.15. The van der Waals surface area contributed by atoms with E-state index in [1.54, 1.807) is 0 Å². The van der Waals surface area contributed by atoms with Gasteiger partial charge in [0.1, 0.15) is 5.82 Å². The lowest BCUT2D eigenvalue weighted by atomic mass is 10.2. The molecule has 3 aromatic rings. The van der Waals surface area contributed by atoms with Gasteiger partial charge in [-0.25, -0.2) is 0 Å². The first-order valence-electron chi connectivity index (χ1n) is 12.1. The van der Waals surface area contributed by atoms with Crippen molar-refractivity contribution in [1.29, 1.82) is 0 Å². The summed E-state index contributed by atoms with van der Waals surface area (Å²) in [5, 5.41) is 9.78. The van der Waals surface area contributed by atoms with E-state index in [1.165, 1.54) is 35.7 Å². The van der Waals surface area contributed by atoms with Crippen LogP contribution in [0.2, 0.25) is 0 Å². The van der Waals surface area contributed by atoms with Crippen molar-refractivity contribution in [2.75, 3.05) is 38.5 Å². The minimum Gasteiger partial charge on any atom is -0.339 e. The number of hydrogen-bond donors (Lipinski definition) is 0. The van der Waals surface area contributed by atoms with Gasteiger partial charge >= 0.3 is 0 Å². The van der Waals surface area contributed by atoms with E-state index in [1.807, 2.05) is 17.0 Å². The Morgan fingerprint density at radius 1 is 0.941 bits per heavy atom. The summed E-state index contributed by atoms with van der Waals surface area (Å²) in [5.41, 5.74) is 2.45. The van der Waals surface area contributed by atoms with Crippen LogP contribution in [0.3, 0.4) is 0 Å². The number of carbonyl (C=O) groups excluding carboxylic acids is 1. The van der Waals surface area contributed by atoms with Crippen LogP contribution in [0.15, 0.2) is 71.9 Å². The van der Waals surface area contributed by atoms with E-state index < -0.39 is 0 Å². The van der Waals surface area contributed by atoms with Crippen molar-refractivity contribution < 1.29 is 4.79 Å². The Morgan fingerprint density at radius 3 is 2.35 bits per heavy atom. The molecule has 2 aromatic carbocycles. The highest BCUT2D eigenvalue weighted by Gasteiger charge is 2.31. The average Bonchev–Trinajstić information content (AvgIpc) is 3.65. The summed E-state index contributed by atoms with van der Waals surface area (Å²) in [6.07, 6.45) is 6.73. The van der Waals surface area contributed by atoms with Crippen LogP contribution in [0.1, 0.15) is 35.7 Å². The van der Waals surface area contributed by atoms with Crippen molar-refractivity contribution in [2.45, 2.75) is 30.5 Å². The third-order valence-electron chi connectivity index (χ3n) is 6.39. The topological polar surface area (TPSA) is 54.3 Å². The molecule has 0 N–H and O–H groups in total. The summed E-state index contributed by atoms with van der Waals surface area (Å²) < 4.78 is 2.21. The Morgan fingerprint density at radius 2 is 1.65 bits per heavy atom. The molecule has 6 nitrogen and oxygen atoms in total. The van der Waals surface area contributed by atoms with E-state index in [9.17, 15) is 4.79 Å². The second-order valence-corrected chi connectivity index (χ2v) is 9.91. The fourth-order valence-electron chi connectivity index (χ4n) is 4.26. The lowest BCUT2D eigenvalue weighted by Crippen LogP contribution is -2.49. The van der Waals surface area contributed by atoms with Gasteiger partial charge in [0.15, 0.2) is 5.16 Å². The van der Waals surface area contributed by atoms with Crippen molar-refractivity contribution in [3.05, 3.63) is 83.7 Å². The molecule has 2 heterocycles. The van der Waals surface area contributed by atoms with E-state index in [0.29, 0.717) is 11.7 Å². The highest BCUT2D eigenvalue weighted by Crippen LogP contribution is 2.40. The molecular formula is C27H31N5OS. The summed E-state index contributed by atoms with van der Waals surface area (Å²) >= 11 is 1.52. The molecule has 0 spiro atoms. The largest absolute Gasteiger partial charge is 0.339 e. The fourth-order valence-corrected chi connectivity index (χ4v) is 5.11. The maximum atomic E-state index is 12.9. The van der Waals surface area contributed by atoms with Crippen molar-refractivity contribution in [3.63, 3.8) is 0 Å². The third kappa shape index (κ3) is 5.96. The van der Waals surface area contributed by atoms with Gasteiger partial charge in [0, 0.05) is 38.6 Å². The number of amides is 1. The summed E-state index contributed by atoms with van der Waals surface area (Å²) in [4.78, 5) is 17.3. The minimum atomic E-state index is 0.187. The predicted molar refractivity (Wildman–Crippen MR) is 137 cm³/mol. The van der Waals surface area contributed by atoms with Crippen LogP contribution in [0, 0.1) is 0 Å². The molecule has 5 rings (SSSR count). The zero-order chi connectivity index (χ0) is 23.2. The van der Waals surface area contributed by atoms with Crippen LogP contribution in [0.25, 0.3) is 6.08 Å². The number of carbonyl (C=O) groups is 1. The molecule has 0 radical (unpaired) electrons. The standard InChI is InChI=1S/C27H31N5OS/c33-25(31-18-16-30(17-19-31)15-7-12-22-8-3-1-4-9-22)21-34-27-29-28-26(24-13-14-24)32(27)20-23-10-5-2-6-11-23/h1-12,24H,13-21H2/b12-7+. The van der Waals surface area contributed by atoms with Crippen molar-refractivity contribution in [3.8, 4) is 0 Å². The third-order valence-corrected chi connectivity index (χ3v) is 7.35. The molecule has 0 atom stereocenters. The van der Waals surface area contributed by atoms with E-state index in [0.717, 1.165) is 50.2 Å². The van der Waals surface area contributed by atoms with Crippen LogP contribution >= 0.6 is 11.8 Å². The van der Waals surface area contributed by atoms with Gasteiger partial charge in [0.05, 0.1) is 12.3 Å². The Labute approximate surface area is 205 Å². The summed E-state index contributed by atoms with van der Waals surface area (Å²) in [5.74, 6) is 2.18. The zero-order valence-electron chi connectivity index (χ0n) is 19.4. The van der Waals surface area contributed by atoms with Crippen LogP contribution in [-0.4, -0.2) is 68.9 Å². The van der Waals surface area contributed by atoms with Gasteiger partial charge in [-0.15, -0.1) is 10.2 Å². The second-order valence-electron chi connectivity index (χ2n) is 8.97. The van der Waals surface area contributed by atoms with Gasteiger partial charge in [-0.05, 0) is 24.0 Å². The molecule has 1 aromatic heterocycles. The molecular weight excluding hydrogens is 442 g/mol. The summed E-state index contributed by atoms with van der Waals surface area (Å²) in [6.45, 7) is 5.05. The Kier molecular flexibility index (Phi) is 7.41. The molecule has 7 heteroatoms. The smallest absolute Gasteiger partial charge is 0.233 e.